The standard InChI is InChI=1S/C14H13ClN2O2/c1-9-3-5-10(6-4-9)12-7-11(8-13(15)18)14(19)17(2)16-12/h3-7H,8H2,1-2H3. The maximum atomic E-state index is 11.8. The van der Waals surface area contributed by atoms with Crippen LogP contribution < -0.4 is 5.56 Å². The van der Waals surface area contributed by atoms with Crippen molar-refractivity contribution in [3.05, 3.63) is 51.8 Å². The summed E-state index contributed by atoms with van der Waals surface area (Å²) in [5, 5.41) is 3.63. The zero-order valence-electron chi connectivity index (χ0n) is 10.7. The molecule has 0 saturated heterocycles. The lowest BCUT2D eigenvalue weighted by Crippen LogP contribution is -2.24. The van der Waals surface area contributed by atoms with E-state index in [0.717, 1.165) is 11.1 Å². The third-order valence-corrected chi connectivity index (χ3v) is 2.95. The third kappa shape index (κ3) is 3.09. The summed E-state index contributed by atoms with van der Waals surface area (Å²) in [7, 11) is 1.56. The number of nitrogens with zero attached hydrogens (tertiary/aromatic N) is 2. The van der Waals surface area contributed by atoms with Gasteiger partial charge in [-0.25, -0.2) is 4.68 Å². The summed E-state index contributed by atoms with van der Waals surface area (Å²) in [6.07, 6.45) is -0.0877. The van der Waals surface area contributed by atoms with E-state index in [1.165, 1.54) is 4.68 Å². The summed E-state index contributed by atoms with van der Waals surface area (Å²) in [6.45, 7) is 2.00. The molecule has 0 spiro atoms. The summed E-state index contributed by atoms with van der Waals surface area (Å²) in [4.78, 5) is 22.8. The second-order valence-electron chi connectivity index (χ2n) is 4.38. The Morgan fingerprint density at radius 1 is 1.32 bits per heavy atom. The summed E-state index contributed by atoms with van der Waals surface area (Å²) < 4.78 is 1.23. The second kappa shape index (κ2) is 5.36. The van der Waals surface area contributed by atoms with E-state index in [0.29, 0.717) is 11.3 Å². The molecule has 4 nitrogen and oxygen atoms in total. The van der Waals surface area contributed by atoms with E-state index < -0.39 is 5.24 Å². The first-order valence-electron chi connectivity index (χ1n) is 5.80. The van der Waals surface area contributed by atoms with Gasteiger partial charge in [-0.15, -0.1) is 0 Å². The zero-order valence-corrected chi connectivity index (χ0v) is 11.4. The number of carbonyl (C=O) groups excluding carboxylic acids is 1. The highest BCUT2D eigenvalue weighted by atomic mass is 35.5. The summed E-state index contributed by atoms with van der Waals surface area (Å²) in [6, 6.07) is 9.40. The lowest BCUT2D eigenvalue weighted by atomic mass is 10.1. The lowest BCUT2D eigenvalue weighted by molar-refractivity contribution is -0.111. The molecule has 0 fully saturated rings. The number of aromatic nitrogens is 2. The van der Waals surface area contributed by atoms with Crippen LogP contribution in [0, 0.1) is 6.92 Å². The monoisotopic (exact) mass is 276 g/mol. The Morgan fingerprint density at radius 3 is 2.53 bits per heavy atom. The summed E-state index contributed by atoms with van der Waals surface area (Å²) in [5.74, 6) is 0. The molecule has 0 aliphatic heterocycles. The van der Waals surface area contributed by atoms with Gasteiger partial charge in [-0.05, 0) is 24.6 Å². The van der Waals surface area contributed by atoms with Crippen LogP contribution in [0.3, 0.4) is 0 Å². The Labute approximate surface area is 115 Å². The van der Waals surface area contributed by atoms with Crippen molar-refractivity contribution in [2.24, 2.45) is 7.05 Å². The van der Waals surface area contributed by atoms with E-state index in [4.69, 9.17) is 11.6 Å². The van der Waals surface area contributed by atoms with Crippen molar-refractivity contribution in [3.63, 3.8) is 0 Å². The van der Waals surface area contributed by atoms with E-state index in [1.54, 1.807) is 13.1 Å². The summed E-state index contributed by atoms with van der Waals surface area (Å²) in [5.41, 5.74) is 2.74. The SMILES string of the molecule is Cc1ccc(-c2cc(CC(=O)Cl)c(=O)n(C)n2)cc1. The van der Waals surface area contributed by atoms with Gasteiger partial charge >= 0.3 is 0 Å². The highest BCUT2D eigenvalue weighted by molar-refractivity contribution is 6.63. The van der Waals surface area contributed by atoms with Crippen LogP contribution in [0.25, 0.3) is 11.3 Å². The first-order chi connectivity index (χ1) is 8.97. The first kappa shape index (κ1) is 13.5. The number of rotatable bonds is 3. The minimum Gasteiger partial charge on any atom is -0.281 e. The molecule has 1 aromatic carbocycles. The molecular formula is C14H13ClN2O2. The minimum atomic E-state index is -0.557. The Hall–Kier alpha value is -1.94. The van der Waals surface area contributed by atoms with Crippen LogP contribution in [0.4, 0.5) is 0 Å². The molecule has 19 heavy (non-hydrogen) atoms. The molecule has 5 heteroatoms. The van der Waals surface area contributed by atoms with Gasteiger partial charge < -0.3 is 0 Å². The molecule has 2 rings (SSSR count). The maximum Gasteiger partial charge on any atom is 0.270 e. The van der Waals surface area contributed by atoms with Crippen LogP contribution in [0.15, 0.2) is 35.1 Å². The van der Waals surface area contributed by atoms with E-state index in [1.807, 2.05) is 31.2 Å². The molecule has 0 aliphatic rings. The average Bonchev–Trinajstić information content (AvgIpc) is 2.35. The van der Waals surface area contributed by atoms with Gasteiger partial charge in [0.15, 0.2) is 0 Å². The van der Waals surface area contributed by atoms with Crippen molar-refractivity contribution in [3.8, 4) is 11.3 Å². The molecule has 0 atom stereocenters. The largest absolute Gasteiger partial charge is 0.281 e. The molecular weight excluding hydrogens is 264 g/mol. The second-order valence-corrected chi connectivity index (χ2v) is 4.80. The van der Waals surface area contributed by atoms with Crippen molar-refractivity contribution in [2.45, 2.75) is 13.3 Å². The number of hydrogen-bond acceptors (Lipinski definition) is 3. The Morgan fingerprint density at radius 2 is 1.95 bits per heavy atom. The Kier molecular flexibility index (Phi) is 3.81. The fourth-order valence-corrected chi connectivity index (χ4v) is 1.96. The van der Waals surface area contributed by atoms with Gasteiger partial charge in [-0.2, -0.15) is 5.10 Å². The average molecular weight is 277 g/mol. The number of benzene rings is 1. The Balaban J connectivity index is 2.53. The number of halogens is 1. The summed E-state index contributed by atoms with van der Waals surface area (Å²) >= 11 is 5.35. The van der Waals surface area contributed by atoms with Crippen molar-refractivity contribution >= 4 is 16.8 Å². The normalized spacial score (nSPS) is 10.5. The predicted octanol–water partition coefficient (Wildman–Crippen LogP) is 2.06. The fraction of sp³-hybridized carbons (Fsp3) is 0.214. The molecule has 0 amide bonds. The van der Waals surface area contributed by atoms with E-state index >= 15 is 0 Å². The van der Waals surface area contributed by atoms with Gasteiger partial charge in [0.1, 0.15) is 0 Å². The highest BCUT2D eigenvalue weighted by Crippen LogP contribution is 2.17. The molecule has 0 bridgehead atoms. The highest BCUT2D eigenvalue weighted by Gasteiger charge is 2.10. The van der Waals surface area contributed by atoms with E-state index in [9.17, 15) is 9.59 Å². The number of carbonyl (C=O) groups is 1. The van der Waals surface area contributed by atoms with Crippen molar-refractivity contribution < 1.29 is 4.79 Å². The number of aryl methyl sites for hydroxylation is 2. The lowest BCUT2D eigenvalue weighted by Gasteiger charge is -2.06. The van der Waals surface area contributed by atoms with Gasteiger partial charge in [0.25, 0.3) is 5.56 Å². The smallest absolute Gasteiger partial charge is 0.270 e. The molecule has 1 heterocycles. The molecule has 0 radical (unpaired) electrons. The van der Waals surface area contributed by atoms with Gasteiger partial charge in [0.2, 0.25) is 5.24 Å². The van der Waals surface area contributed by atoms with E-state index in [-0.39, 0.29) is 12.0 Å². The zero-order chi connectivity index (χ0) is 14.0. The van der Waals surface area contributed by atoms with Crippen molar-refractivity contribution in [1.82, 2.24) is 9.78 Å². The van der Waals surface area contributed by atoms with Crippen LogP contribution in [-0.4, -0.2) is 15.0 Å². The molecule has 0 unspecified atom stereocenters. The molecule has 0 N–H and O–H groups in total. The Bertz CT molecular complexity index is 675. The predicted molar refractivity (Wildman–Crippen MR) is 74.2 cm³/mol. The topological polar surface area (TPSA) is 52.0 Å². The van der Waals surface area contributed by atoms with Gasteiger partial charge in [-0.1, -0.05) is 29.8 Å². The minimum absolute atomic E-state index is 0.0877. The van der Waals surface area contributed by atoms with E-state index in [2.05, 4.69) is 5.10 Å². The molecule has 98 valence electrons. The molecule has 0 aliphatic carbocycles. The van der Waals surface area contributed by atoms with Crippen LogP contribution in [0.2, 0.25) is 0 Å². The fourth-order valence-electron chi connectivity index (χ4n) is 1.81. The van der Waals surface area contributed by atoms with Crippen LogP contribution in [0.1, 0.15) is 11.1 Å². The quantitative estimate of drug-likeness (QED) is 0.807. The molecule has 1 aromatic heterocycles. The molecule has 0 saturated carbocycles. The van der Waals surface area contributed by atoms with Crippen molar-refractivity contribution in [1.29, 1.82) is 0 Å². The molecule has 2 aromatic rings. The third-order valence-electron chi connectivity index (χ3n) is 2.81. The first-order valence-corrected chi connectivity index (χ1v) is 6.18. The number of hydrogen-bond donors (Lipinski definition) is 0. The van der Waals surface area contributed by atoms with Crippen LogP contribution in [-0.2, 0) is 18.3 Å². The van der Waals surface area contributed by atoms with Gasteiger partial charge in [0.05, 0.1) is 12.1 Å². The van der Waals surface area contributed by atoms with Crippen LogP contribution >= 0.6 is 11.6 Å². The van der Waals surface area contributed by atoms with Crippen LogP contribution in [0.5, 0.6) is 0 Å². The maximum absolute atomic E-state index is 11.8. The van der Waals surface area contributed by atoms with Gasteiger partial charge in [-0.3, -0.25) is 9.59 Å². The van der Waals surface area contributed by atoms with Gasteiger partial charge in [0, 0.05) is 18.2 Å². The van der Waals surface area contributed by atoms with Crippen molar-refractivity contribution in [2.75, 3.05) is 0 Å².